The van der Waals surface area contributed by atoms with Crippen LogP contribution in [0.15, 0.2) is 47.0 Å². The second kappa shape index (κ2) is 4.97. The summed E-state index contributed by atoms with van der Waals surface area (Å²) in [5, 5.41) is 3.72. The van der Waals surface area contributed by atoms with Gasteiger partial charge in [0, 0.05) is 11.6 Å². The monoisotopic (exact) mass is 290 g/mol. The molecule has 0 fully saturated rings. The highest BCUT2D eigenvalue weighted by molar-refractivity contribution is 5.86. The van der Waals surface area contributed by atoms with Crippen molar-refractivity contribution in [3.8, 4) is 22.4 Å². The van der Waals surface area contributed by atoms with Crippen molar-refractivity contribution < 1.29 is 17.7 Å². The summed E-state index contributed by atoms with van der Waals surface area (Å²) >= 11 is 0. The Hall–Kier alpha value is -2.76. The third kappa shape index (κ3) is 2.47. The summed E-state index contributed by atoms with van der Waals surface area (Å²) in [4.78, 5) is 0. The van der Waals surface area contributed by atoms with Crippen molar-refractivity contribution in [3.63, 3.8) is 0 Å². The number of nitrogen functional groups attached to an aromatic ring is 1. The van der Waals surface area contributed by atoms with Crippen LogP contribution in [0.4, 0.5) is 19.1 Å². The third-order valence-corrected chi connectivity index (χ3v) is 2.97. The lowest BCUT2D eigenvalue weighted by atomic mass is 10.0. The minimum absolute atomic E-state index is 0.0553. The number of nitrogens with zero attached hydrogens (tertiary/aromatic N) is 1. The fourth-order valence-corrected chi connectivity index (χ4v) is 2.11. The van der Waals surface area contributed by atoms with Crippen LogP contribution in [0.1, 0.15) is 0 Å². The molecule has 0 aliphatic carbocycles. The highest BCUT2D eigenvalue weighted by Crippen LogP contribution is 2.36. The van der Waals surface area contributed by atoms with Crippen molar-refractivity contribution in [2.45, 2.75) is 0 Å². The summed E-state index contributed by atoms with van der Waals surface area (Å²) in [6.07, 6.45) is 0. The zero-order valence-electron chi connectivity index (χ0n) is 10.6. The van der Waals surface area contributed by atoms with Crippen molar-refractivity contribution in [2.75, 3.05) is 5.73 Å². The summed E-state index contributed by atoms with van der Waals surface area (Å²) in [5.41, 5.74) is 6.71. The molecule has 3 aromatic rings. The number of hydrogen-bond acceptors (Lipinski definition) is 3. The normalized spacial score (nSPS) is 10.8. The minimum atomic E-state index is -0.753. The first-order valence-electron chi connectivity index (χ1n) is 6.02. The van der Waals surface area contributed by atoms with Gasteiger partial charge in [-0.15, -0.1) is 0 Å². The van der Waals surface area contributed by atoms with E-state index in [1.165, 1.54) is 18.2 Å². The van der Waals surface area contributed by atoms with Crippen molar-refractivity contribution in [1.29, 1.82) is 0 Å². The highest BCUT2D eigenvalue weighted by Gasteiger charge is 2.19. The average Bonchev–Trinajstić information content (AvgIpc) is 2.79. The standard InChI is InChI=1S/C15H9F3N2O/c16-10-3-1-2-8(4-10)13-14(20-21-15(13)19)9-5-11(17)7-12(18)6-9/h1-7H,19H2. The van der Waals surface area contributed by atoms with E-state index in [9.17, 15) is 13.2 Å². The number of hydrogen-bond donors (Lipinski definition) is 1. The molecule has 2 N–H and O–H groups in total. The fourth-order valence-electron chi connectivity index (χ4n) is 2.11. The molecule has 0 aliphatic heterocycles. The Morgan fingerprint density at radius 1 is 0.857 bits per heavy atom. The van der Waals surface area contributed by atoms with Crippen LogP contribution >= 0.6 is 0 Å². The molecule has 6 heteroatoms. The van der Waals surface area contributed by atoms with E-state index in [1.807, 2.05) is 0 Å². The SMILES string of the molecule is Nc1onc(-c2cc(F)cc(F)c2)c1-c1cccc(F)c1. The molecule has 3 rings (SSSR count). The summed E-state index contributed by atoms with van der Waals surface area (Å²) < 4.78 is 44.9. The summed E-state index contributed by atoms with van der Waals surface area (Å²) in [5.74, 6) is -2.03. The van der Waals surface area contributed by atoms with Gasteiger partial charge in [-0.1, -0.05) is 17.3 Å². The first kappa shape index (κ1) is 13.2. The van der Waals surface area contributed by atoms with Crippen molar-refractivity contribution in [1.82, 2.24) is 5.16 Å². The van der Waals surface area contributed by atoms with E-state index < -0.39 is 17.5 Å². The van der Waals surface area contributed by atoms with Gasteiger partial charge < -0.3 is 10.3 Å². The molecule has 2 aromatic carbocycles. The minimum Gasteiger partial charge on any atom is -0.367 e. The Kier molecular flexibility index (Phi) is 3.13. The Labute approximate surface area is 117 Å². The van der Waals surface area contributed by atoms with Gasteiger partial charge in [0.15, 0.2) is 0 Å². The van der Waals surface area contributed by atoms with Crippen LogP contribution in [0.5, 0.6) is 0 Å². The average molecular weight is 290 g/mol. The second-order valence-electron chi connectivity index (χ2n) is 4.44. The second-order valence-corrected chi connectivity index (χ2v) is 4.44. The van der Waals surface area contributed by atoms with E-state index in [1.54, 1.807) is 6.07 Å². The van der Waals surface area contributed by atoms with Gasteiger partial charge in [0.05, 0.1) is 5.56 Å². The Morgan fingerprint density at radius 2 is 1.52 bits per heavy atom. The molecule has 0 unspecified atom stereocenters. The molecule has 1 heterocycles. The van der Waals surface area contributed by atoms with E-state index in [0.29, 0.717) is 11.1 Å². The van der Waals surface area contributed by atoms with E-state index >= 15 is 0 Å². The van der Waals surface area contributed by atoms with Crippen LogP contribution in [-0.4, -0.2) is 5.16 Å². The lowest BCUT2D eigenvalue weighted by Gasteiger charge is -2.03. The van der Waals surface area contributed by atoms with Gasteiger partial charge in [0.25, 0.3) is 0 Å². The zero-order valence-corrected chi connectivity index (χ0v) is 10.6. The molecule has 3 nitrogen and oxygen atoms in total. The van der Waals surface area contributed by atoms with Crippen LogP contribution < -0.4 is 5.73 Å². The van der Waals surface area contributed by atoms with Crippen molar-refractivity contribution >= 4 is 5.88 Å². The van der Waals surface area contributed by atoms with Crippen LogP contribution in [-0.2, 0) is 0 Å². The Morgan fingerprint density at radius 3 is 2.19 bits per heavy atom. The fraction of sp³-hybridized carbons (Fsp3) is 0. The maximum Gasteiger partial charge on any atom is 0.230 e. The predicted molar refractivity (Wildman–Crippen MR) is 71.7 cm³/mol. The van der Waals surface area contributed by atoms with E-state index in [4.69, 9.17) is 10.3 Å². The van der Waals surface area contributed by atoms with Crippen LogP contribution in [0.3, 0.4) is 0 Å². The molecule has 0 aliphatic rings. The maximum absolute atomic E-state index is 13.3. The largest absolute Gasteiger partial charge is 0.367 e. The van der Waals surface area contributed by atoms with Crippen LogP contribution in [0.2, 0.25) is 0 Å². The number of halogens is 3. The molecular formula is C15H9F3N2O. The Bertz CT molecular complexity index is 794. The zero-order chi connectivity index (χ0) is 15.0. The predicted octanol–water partition coefficient (Wildman–Crippen LogP) is 4.01. The van der Waals surface area contributed by atoms with Crippen molar-refractivity contribution in [2.24, 2.45) is 0 Å². The molecule has 0 saturated carbocycles. The van der Waals surface area contributed by atoms with Crippen molar-refractivity contribution in [3.05, 3.63) is 59.9 Å². The summed E-state index contributed by atoms with van der Waals surface area (Å²) in [7, 11) is 0. The highest BCUT2D eigenvalue weighted by atomic mass is 19.1. The van der Waals surface area contributed by atoms with Gasteiger partial charge in [-0.05, 0) is 29.8 Å². The number of aromatic nitrogens is 1. The van der Waals surface area contributed by atoms with E-state index in [2.05, 4.69) is 5.16 Å². The smallest absolute Gasteiger partial charge is 0.230 e. The van der Waals surface area contributed by atoms with Gasteiger partial charge in [-0.3, -0.25) is 0 Å². The Balaban J connectivity index is 2.21. The number of benzene rings is 2. The molecule has 21 heavy (non-hydrogen) atoms. The first-order chi connectivity index (χ1) is 10.0. The van der Waals surface area contributed by atoms with Crippen LogP contribution in [0.25, 0.3) is 22.4 Å². The van der Waals surface area contributed by atoms with Gasteiger partial charge in [-0.25, -0.2) is 13.2 Å². The molecular weight excluding hydrogens is 281 g/mol. The molecule has 0 saturated heterocycles. The number of anilines is 1. The van der Waals surface area contributed by atoms with E-state index in [-0.39, 0.29) is 17.1 Å². The molecule has 0 bridgehead atoms. The molecule has 0 amide bonds. The molecule has 1 aromatic heterocycles. The van der Waals surface area contributed by atoms with Crippen LogP contribution in [0, 0.1) is 17.5 Å². The van der Waals surface area contributed by atoms with E-state index in [0.717, 1.165) is 18.2 Å². The lowest BCUT2D eigenvalue weighted by molar-refractivity contribution is 0.439. The molecule has 0 radical (unpaired) electrons. The quantitative estimate of drug-likeness (QED) is 0.776. The maximum atomic E-state index is 13.3. The van der Waals surface area contributed by atoms with Gasteiger partial charge in [-0.2, -0.15) is 0 Å². The number of nitrogens with two attached hydrogens (primary N) is 1. The first-order valence-corrected chi connectivity index (χ1v) is 6.02. The lowest BCUT2D eigenvalue weighted by Crippen LogP contribution is -1.90. The molecule has 0 atom stereocenters. The summed E-state index contributed by atoms with van der Waals surface area (Å²) in [6, 6.07) is 8.55. The molecule has 0 spiro atoms. The van der Waals surface area contributed by atoms with Gasteiger partial charge in [0.1, 0.15) is 23.1 Å². The van der Waals surface area contributed by atoms with Gasteiger partial charge >= 0.3 is 0 Å². The summed E-state index contributed by atoms with van der Waals surface area (Å²) in [6.45, 7) is 0. The topological polar surface area (TPSA) is 52.0 Å². The molecule has 106 valence electrons. The third-order valence-electron chi connectivity index (χ3n) is 2.97. The number of rotatable bonds is 2. The van der Waals surface area contributed by atoms with Gasteiger partial charge in [0.2, 0.25) is 5.88 Å².